The average Bonchev–Trinajstić information content (AvgIpc) is 2.65. The lowest BCUT2D eigenvalue weighted by Gasteiger charge is -2.15. The highest BCUT2D eigenvalue weighted by atomic mass is 16.5. The van der Waals surface area contributed by atoms with Crippen LogP contribution in [0.15, 0.2) is 48.5 Å². The number of rotatable bonds is 9. The predicted molar refractivity (Wildman–Crippen MR) is 95.3 cm³/mol. The number of benzene rings is 2. The van der Waals surface area contributed by atoms with E-state index in [0.717, 1.165) is 18.4 Å². The fourth-order valence-electron chi connectivity index (χ4n) is 2.45. The second kappa shape index (κ2) is 9.99. The molecule has 0 heterocycles. The second-order valence-corrected chi connectivity index (χ2v) is 5.50. The standard InChI is InChI=1S/C20H22N2O3/c1-24-18-11-5-10-17(15-22-19(23)12-13-21)20(18)25-14-6-9-16-7-3-2-4-8-16/h2-5,7-8,10-11H,6,9,12,14-15H2,1H3,(H,22,23). The minimum absolute atomic E-state index is 0.156. The number of methoxy groups -OCH3 is 1. The summed E-state index contributed by atoms with van der Waals surface area (Å²) in [6.07, 6.45) is 1.66. The summed E-state index contributed by atoms with van der Waals surface area (Å²) in [4.78, 5) is 11.5. The lowest BCUT2D eigenvalue weighted by atomic mass is 10.1. The first-order valence-corrected chi connectivity index (χ1v) is 8.21. The van der Waals surface area contributed by atoms with Crippen LogP contribution in [0.3, 0.4) is 0 Å². The minimum Gasteiger partial charge on any atom is -0.493 e. The van der Waals surface area contributed by atoms with Crippen LogP contribution in [0.5, 0.6) is 11.5 Å². The van der Waals surface area contributed by atoms with Crippen molar-refractivity contribution < 1.29 is 14.3 Å². The molecule has 0 aromatic heterocycles. The first-order chi connectivity index (χ1) is 12.2. The molecule has 1 amide bonds. The minimum atomic E-state index is -0.305. The van der Waals surface area contributed by atoms with Crippen LogP contribution in [0.2, 0.25) is 0 Å². The molecule has 0 fully saturated rings. The maximum atomic E-state index is 11.5. The average molecular weight is 338 g/mol. The molecule has 0 aliphatic rings. The van der Waals surface area contributed by atoms with Crippen molar-refractivity contribution in [3.05, 3.63) is 59.7 Å². The Morgan fingerprint density at radius 2 is 1.96 bits per heavy atom. The lowest BCUT2D eigenvalue weighted by molar-refractivity contribution is -0.120. The lowest BCUT2D eigenvalue weighted by Crippen LogP contribution is -2.22. The molecular weight excluding hydrogens is 316 g/mol. The highest BCUT2D eigenvalue weighted by Gasteiger charge is 2.11. The Bertz CT molecular complexity index is 723. The zero-order valence-corrected chi connectivity index (χ0v) is 14.3. The number of nitrogens with zero attached hydrogens (tertiary/aromatic N) is 1. The molecule has 0 saturated carbocycles. The largest absolute Gasteiger partial charge is 0.493 e. The van der Waals surface area contributed by atoms with Gasteiger partial charge in [-0.3, -0.25) is 4.79 Å². The van der Waals surface area contributed by atoms with E-state index in [1.54, 1.807) is 7.11 Å². The van der Waals surface area contributed by atoms with Gasteiger partial charge in [-0.25, -0.2) is 0 Å². The van der Waals surface area contributed by atoms with Gasteiger partial charge in [-0.1, -0.05) is 42.5 Å². The van der Waals surface area contributed by atoms with Gasteiger partial charge in [-0.05, 0) is 24.5 Å². The molecule has 5 nitrogen and oxygen atoms in total. The SMILES string of the molecule is COc1cccc(CNC(=O)CC#N)c1OCCCc1ccccc1. The Labute approximate surface area is 148 Å². The zero-order chi connectivity index (χ0) is 17.9. The molecule has 0 radical (unpaired) electrons. The Hall–Kier alpha value is -3.00. The maximum absolute atomic E-state index is 11.5. The Kier molecular flexibility index (Phi) is 7.33. The third kappa shape index (κ3) is 5.85. The van der Waals surface area contributed by atoms with Crippen LogP contribution < -0.4 is 14.8 Å². The summed E-state index contributed by atoms with van der Waals surface area (Å²) in [5.41, 5.74) is 2.10. The number of carbonyl (C=O) groups is 1. The normalized spacial score (nSPS) is 9.92. The summed E-state index contributed by atoms with van der Waals surface area (Å²) in [7, 11) is 1.59. The van der Waals surface area contributed by atoms with E-state index in [2.05, 4.69) is 17.4 Å². The van der Waals surface area contributed by atoms with Gasteiger partial charge in [-0.2, -0.15) is 5.26 Å². The molecule has 1 N–H and O–H groups in total. The summed E-state index contributed by atoms with van der Waals surface area (Å²) in [5.74, 6) is 0.961. The molecule has 0 aliphatic heterocycles. The molecule has 0 aliphatic carbocycles. The van der Waals surface area contributed by atoms with E-state index in [4.69, 9.17) is 14.7 Å². The third-order valence-electron chi connectivity index (χ3n) is 3.70. The van der Waals surface area contributed by atoms with Crippen molar-refractivity contribution in [1.82, 2.24) is 5.32 Å². The molecule has 2 rings (SSSR count). The molecule has 25 heavy (non-hydrogen) atoms. The molecule has 0 atom stereocenters. The highest BCUT2D eigenvalue weighted by Crippen LogP contribution is 2.31. The number of nitriles is 1. The van der Waals surface area contributed by atoms with Crippen molar-refractivity contribution >= 4 is 5.91 Å². The van der Waals surface area contributed by atoms with Gasteiger partial charge in [0.05, 0.1) is 19.8 Å². The summed E-state index contributed by atoms with van der Waals surface area (Å²) >= 11 is 0. The van der Waals surface area contributed by atoms with Crippen LogP contribution in [0.4, 0.5) is 0 Å². The van der Waals surface area contributed by atoms with Gasteiger partial charge < -0.3 is 14.8 Å². The van der Waals surface area contributed by atoms with Gasteiger partial charge in [-0.15, -0.1) is 0 Å². The fourth-order valence-corrected chi connectivity index (χ4v) is 2.45. The van der Waals surface area contributed by atoms with Crippen molar-refractivity contribution in [2.75, 3.05) is 13.7 Å². The van der Waals surface area contributed by atoms with Gasteiger partial charge in [0.25, 0.3) is 0 Å². The molecule has 0 saturated heterocycles. The quantitative estimate of drug-likeness (QED) is 0.713. The Morgan fingerprint density at radius 1 is 1.16 bits per heavy atom. The summed E-state index contributed by atoms with van der Waals surface area (Å²) in [5, 5.41) is 11.3. The van der Waals surface area contributed by atoms with Crippen molar-refractivity contribution in [1.29, 1.82) is 5.26 Å². The first kappa shape index (κ1) is 18.3. The number of hydrogen-bond acceptors (Lipinski definition) is 4. The van der Waals surface area contributed by atoms with Crippen molar-refractivity contribution in [3.8, 4) is 17.6 Å². The number of carbonyl (C=O) groups excluding carboxylic acids is 1. The number of para-hydroxylation sites is 1. The van der Waals surface area contributed by atoms with E-state index < -0.39 is 0 Å². The molecule has 2 aromatic rings. The van der Waals surface area contributed by atoms with Crippen LogP contribution in [-0.4, -0.2) is 19.6 Å². The van der Waals surface area contributed by atoms with Gasteiger partial charge >= 0.3 is 0 Å². The topological polar surface area (TPSA) is 71.3 Å². The molecular formula is C20H22N2O3. The molecule has 0 bridgehead atoms. The highest BCUT2D eigenvalue weighted by molar-refractivity contribution is 5.78. The van der Waals surface area contributed by atoms with Crippen LogP contribution in [-0.2, 0) is 17.8 Å². The number of ether oxygens (including phenoxy) is 2. The zero-order valence-electron chi connectivity index (χ0n) is 14.3. The van der Waals surface area contributed by atoms with E-state index in [9.17, 15) is 4.79 Å². The van der Waals surface area contributed by atoms with E-state index in [1.807, 2.05) is 42.5 Å². The molecule has 2 aromatic carbocycles. The Morgan fingerprint density at radius 3 is 2.68 bits per heavy atom. The van der Waals surface area contributed by atoms with Gasteiger partial charge in [0.1, 0.15) is 6.42 Å². The van der Waals surface area contributed by atoms with E-state index in [0.29, 0.717) is 24.7 Å². The first-order valence-electron chi connectivity index (χ1n) is 8.21. The van der Waals surface area contributed by atoms with E-state index >= 15 is 0 Å². The van der Waals surface area contributed by atoms with Crippen LogP contribution >= 0.6 is 0 Å². The van der Waals surface area contributed by atoms with E-state index in [1.165, 1.54) is 5.56 Å². The summed E-state index contributed by atoms with van der Waals surface area (Å²) < 4.78 is 11.3. The van der Waals surface area contributed by atoms with Gasteiger partial charge in [0, 0.05) is 12.1 Å². The summed E-state index contributed by atoms with van der Waals surface area (Å²) in [6, 6.07) is 17.6. The third-order valence-corrected chi connectivity index (χ3v) is 3.70. The Balaban J connectivity index is 1.95. The molecule has 5 heteroatoms. The predicted octanol–water partition coefficient (Wildman–Crippen LogP) is 3.24. The van der Waals surface area contributed by atoms with Crippen LogP contribution in [0.1, 0.15) is 24.0 Å². The van der Waals surface area contributed by atoms with Crippen molar-refractivity contribution in [2.24, 2.45) is 0 Å². The smallest absolute Gasteiger partial charge is 0.234 e. The maximum Gasteiger partial charge on any atom is 0.234 e. The molecule has 0 unspecified atom stereocenters. The second-order valence-electron chi connectivity index (χ2n) is 5.50. The molecule has 130 valence electrons. The van der Waals surface area contributed by atoms with Crippen molar-refractivity contribution in [2.45, 2.75) is 25.8 Å². The van der Waals surface area contributed by atoms with Crippen LogP contribution in [0.25, 0.3) is 0 Å². The summed E-state index contributed by atoms with van der Waals surface area (Å²) in [6.45, 7) is 0.847. The number of amides is 1. The van der Waals surface area contributed by atoms with Crippen molar-refractivity contribution in [3.63, 3.8) is 0 Å². The fraction of sp³-hybridized carbons (Fsp3) is 0.300. The van der Waals surface area contributed by atoms with Crippen LogP contribution in [0, 0.1) is 11.3 Å². The number of aryl methyl sites for hydroxylation is 1. The van der Waals surface area contributed by atoms with Gasteiger partial charge in [0.2, 0.25) is 5.91 Å². The monoisotopic (exact) mass is 338 g/mol. The van der Waals surface area contributed by atoms with Gasteiger partial charge in [0.15, 0.2) is 11.5 Å². The number of nitrogens with one attached hydrogen (secondary N) is 1. The number of hydrogen-bond donors (Lipinski definition) is 1. The van der Waals surface area contributed by atoms with E-state index in [-0.39, 0.29) is 12.3 Å². The molecule has 0 spiro atoms.